The van der Waals surface area contributed by atoms with Gasteiger partial charge in [0.2, 0.25) is 5.91 Å². The molecule has 5 N–H and O–H groups in total. The number of amides is 1. The molecule has 0 radical (unpaired) electrons. The maximum absolute atomic E-state index is 10.1. The highest BCUT2D eigenvalue weighted by atomic mass is 32.2. The molecule has 0 saturated carbocycles. The number of primary amides is 1. The van der Waals surface area contributed by atoms with Gasteiger partial charge in [-0.1, -0.05) is 11.8 Å². The average molecular weight is 147 g/mol. The second kappa shape index (κ2) is 4.20. The van der Waals surface area contributed by atoms with Crippen molar-refractivity contribution in [2.45, 2.75) is 6.42 Å². The molecule has 0 unspecified atom stereocenters. The van der Waals surface area contributed by atoms with Gasteiger partial charge in [-0.2, -0.15) is 0 Å². The first-order valence-electron chi connectivity index (χ1n) is 2.38. The van der Waals surface area contributed by atoms with Crippen LogP contribution in [0.3, 0.4) is 0 Å². The number of carbonyl (C=O) groups excluding carboxylic acids is 1. The predicted molar refractivity (Wildman–Crippen MR) is 38.2 cm³/mol. The van der Waals surface area contributed by atoms with Crippen LogP contribution in [0, 0.1) is 5.41 Å². The highest BCUT2D eigenvalue weighted by molar-refractivity contribution is 8.13. The third kappa shape index (κ3) is 7.29. The predicted octanol–water partition coefficient (Wildman–Crippen LogP) is -0.512. The van der Waals surface area contributed by atoms with Crippen LogP contribution in [0.1, 0.15) is 6.42 Å². The van der Waals surface area contributed by atoms with Crippen molar-refractivity contribution in [3.8, 4) is 0 Å². The molecule has 1 amide bonds. The minimum Gasteiger partial charge on any atom is -0.379 e. The van der Waals surface area contributed by atoms with Gasteiger partial charge < -0.3 is 11.5 Å². The molecular formula is C4H9N3OS. The van der Waals surface area contributed by atoms with E-state index in [4.69, 9.17) is 16.9 Å². The first kappa shape index (κ1) is 8.29. The van der Waals surface area contributed by atoms with E-state index in [1.54, 1.807) is 0 Å². The van der Waals surface area contributed by atoms with E-state index < -0.39 is 0 Å². The maximum Gasteiger partial charge on any atom is 0.218 e. The van der Waals surface area contributed by atoms with Gasteiger partial charge in [-0.05, 0) is 0 Å². The van der Waals surface area contributed by atoms with E-state index >= 15 is 0 Å². The summed E-state index contributed by atoms with van der Waals surface area (Å²) in [5.74, 6) is 0.147. The van der Waals surface area contributed by atoms with Crippen LogP contribution in [-0.2, 0) is 4.79 Å². The molecule has 0 spiro atoms. The summed E-state index contributed by atoms with van der Waals surface area (Å²) in [5, 5.41) is 6.75. The second-order valence-corrected chi connectivity index (χ2v) is 2.57. The van der Waals surface area contributed by atoms with Gasteiger partial charge in [-0.25, -0.2) is 0 Å². The lowest BCUT2D eigenvalue weighted by Crippen LogP contribution is -2.13. The topological polar surface area (TPSA) is 93.0 Å². The van der Waals surface area contributed by atoms with Gasteiger partial charge in [0.15, 0.2) is 5.17 Å². The van der Waals surface area contributed by atoms with E-state index in [9.17, 15) is 4.79 Å². The van der Waals surface area contributed by atoms with Crippen LogP contribution < -0.4 is 11.5 Å². The molecule has 0 aliphatic rings. The Kier molecular flexibility index (Phi) is 3.87. The number of carbonyl (C=O) groups is 1. The Hall–Kier alpha value is -0.710. The molecule has 0 rings (SSSR count). The fraction of sp³-hybridized carbons (Fsp3) is 0.500. The molecule has 0 aliphatic heterocycles. The number of rotatable bonds is 3. The van der Waals surface area contributed by atoms with Crippen molar-refractivity contribution in [2.24, 2.45) is 11.5 Å². The van der Waals surface area contributed by atoms with E-state index in [1.165, 1.54) is 0 Å². The SMILES string of the molecule is N=C(N)SCCC(N)=O. The van der Waals surface area contributed by atoms with Gasteiger partial charge in [0.1, 0.15) is 0 Å². The molecule has 0 atom stereocenters. The molecule has 0 bridgehead atoms. The lowest BCUT2D eigenvalue weighted by molar-refractivity contribution is -0.117. The molecule has 0 aromatic rings. The van der Waals surface area contributed by atoms with Gasteiger partial charge in [0, 0.05) is 12.2 Å². The molecule has 5 heteroatoms. The zero-order valence-electron chi connectivity index (χ0n) is 4.89. The molecule has 4 nitrogen and oxygen atoms in total. The van der Waals surface area contributed by atoms with Gasteiger partial charge >= 0.3 is 0 Å². The highest BCUT2D eigenvalue weighted by Crippen LogP contribution is 1.98. The van der Waals surface area contributed by atoms with Crippen LogP contribution in [0.25, 0.3) is 0 Å². The third-order valence-electron chi connectivity index (χ3n) is 0.606. The number of nitrogens with one attached hydrogen (secondary N) is 1. The number of hydrogen-bond donors (Lipinski definition) is 3. The number of amidine groups is 1. The van der Waals surface area contributed by atoms with Crippen molar-refractivity contribution in [1.29, 1.82) is 5.41 Å². The Morgan fingerprint density at radius 1 is 1.56 bits per heavy atom. The first-order chi connectivity index (χ1) is 4.13. The summed E-state index contributed by atoms with van der Waals surface area (Å²) in [4.78, 5) is 10.1. The van der Waals surface area contributed by atoms with Crippen LogP contribution in [0.4, 0.5) is 0 Å². The number of nitrogens with two attached hydrogens (primary N) is 2. The van der Waals surface area contributed by atoms with Gasteiger partial charge in [0.05, 0.1) is 0 Å². The van der Waals surface area contributed by atoms with Crippen LogP contribution in [0.2, 0.25) is 0 Å². The quantitative estimate of drug-likeness (QED) is 0.370. The standard InChI is InChI=1S/C4H9N3OS/c5-3(8)1-2-9-4(6)7/h1-2H2,(H2,5,8)(H3,6,7). The Bertz CT molecular complexity index is 111. The van der Waals surface area contributed by atoms with E-state index in [0.29, 0.717) is 5.75 Å². The van der Waals surface area contributed by atoms with Crippen LogP contribution in [0.15, 0.2) is 0 Å². The van der Waals surface area contributed by atoms with Crippen molar-refractivity contribution < 1.29 is 4.79 Å². The smallest absolute Gasteiger partial charge is 0.218 e. The van der Waals surface area contributed by atoms with E-state index in [1.807, 2.05) is 0 Å². The molecule has 0 aromatic carbocycles. The summed E-state index contributed by atoms with van der Waals surface area (Å²) >= 11 is 1.12. The monoisotopic (exact) mass is 147 g/mol. The van der Waals surface area contributed by atoms with Crippen molar-refractivity contribution in [3.63, 3.8) is 0 Å². The Labute approximate surface area is 57.5 Å². The van der Waals surface area contributed by atoms with Gasteiger partial charge in [0.25, 0.3) is 0 Å². The molecular weight excluding hydrogens is 138 g/mol. The summed E-state index contributed by atoms with van der Waals surface area (Å²) in [6.07, 6.45) is 0.282. The molecule has 0 aromatic heterocycles. The maximum atomic E-state index is 10.1. The summed E-state index contributed by atoms with van der Waals surface area (Å²) in [7, 11) is 0. The van der Waals surface area contributed by atoms with E-state index in [0.717, 1.165) is 11.8 Å². The van der Waals surface area contributed by atoms with Crippen molar-refractivity contribution in [2.75, 3.05) is 5.75 Å². The molecule has 0 aliphatic carbocycles. The molecule has 0 heterocycles. The fourth-order valence-electron chi connectivity index (χ4n) is 0.262. The summed E-state index contributed by atoms with van der Waals surface area (Å²) in [5.41, 5.74) is 9.79. The Morgan fingerprint density at radius 3 is 2.44 bits per heavy atom. The number of hydrogen-bond acceptors (Lipinski definition) is 3. The second-order valence-electron chi connectivity index (χ2n) is 1.43. The summed E-state index contributed by atoms with van der Waals surface area (Å²) < 4.78 is 0. The highest BCUT2D eigenvalue weighted by Gasteiger charge is 1.94. The third-order valence-corrected chi connectivity index (χ3v) is 1.33. The Balaban J connectivity index is 3.10. The van der Waals surface area contributed by atoms with Crippen molar-refractivity contribution in [3.05, 3.63) is 0 Å². The fourth-order valence-corrected chi connectivity index (χ4v) is 0.785. The van der Waals surface area contributed by atoms with E-state index in [-0.39, 0.29) is 17.5 Å². The molecule has 0 fully saturated rings. The van der Waals surface area contributed by atoms with E-state index in [2.05, 4.69) is 0 Å². The van der Waals surface area contributed by atoms with Crippen LogP contribution >= 0.6 is 11.8 Å². The van der Waals surface area contributed by atoms with Gasteiger partial charge in [-0.3, -0.25) is 10.2 Å². The largest absolute Gasteiger partial charge is 0.379 e. The van der Waals surface area contributed by atoms with Crippen molar-refractivity contribution >= 4 is 22.8 Å². The lowest BCUT2D eigenvalue weighted by Gasteiger charge is -1.93. The van der Waals surface area contributed by atoms with Crippen LogP contribution in [0.5, 0.6) is 0 Å². The van der Waals surface area contributed by atoms with Crippen LogP contribution in [-0.4, -0.2) is 16.8 Å². The zero-order valence-corrected chi connectivity index (χ0v) is 5.70. The minimum absolute atomic E-state index is 0.0243. The molecule has 0 saturated heterocycles. The summed E-state index contributed by atoms with van der Waals surface area (Å²) in [6.45, 7) is 0. The van der Waals surface area contributed by atoms with Gasteiger partial charge in [-0.15, -0.1) is 0 Å². The Morgan fingerprint density at radius 2 is 2.11 bits per heavy atom. The minimum atomic E-state index is -0.358. The molecule has 52 valence electrons. The average Bonchev–Trinajstić information content (AvgIpc) is 1.63. The normalized spacial score (nSPS) is 8.89. The number of thioether (sulfide) groups is 1. The zero-order chi connectivity index (χ0) is 7.28. The lowest BCUT2D eigenvalue weighted by atomic mass is 10.5. The van der Waals surface area contributed by atoms with Crippen molar-refractivity contribution in [1.82, 2.24) is 0 Å². The summed E-state index contributed by atoms with van der Waals surface area (Å²) in [6, 6.07) is 0. The first-order valence-corrected chi connectivity index (χ1v) is 3.36. The molecule has 9 heavy (non-hydrogen) atoms.